The van der Waals surface area contributed by atoms with Gasteiger partial charge in [-0.25, -0.2) is 0 Å². The summed E-state index contributed by atoms with van der Waals surface area (Å²) in [5.41, 5.74) is 1.44. The zero-order valence-electron chi connectivity index (χ0n) is 21.9. The molecule has 5 aliphatic rings. The molecular formula is C29H35N3O6. The first-order valence-corrected chi connectivity index (χ1v) is 13.7. The van der Waals surface area contributed by atoms with Crippen molar-refractivity contribution in [3.63, 3.8) is 0 Å². The molecule has 4 aliphatic heterocycles. The first-order chi connectivity index (χ1) is 18.4. The topological polar surface area (TPSA) is 97.4 Å². The number of benzene rings is 1. The standard InChI is InChI=1S/C29H35N3O6/c1-29-11-10-22(15-20(29)17-32(28(29)35)23-8-9-25(33)30-27(23)34)38-18-21-6-2-3-12-31(21)16-19-5-4-7-24-26(19)37-14-13-36-24/h4-5,7,10,15,21,23H,2-3,6,8-9,11-14,16-18H2,1H3,(H,30,33,34). The Hall–Kier alpha value is -3.33. The van der Waals surface area contributed by atoms with E-state index in [9.17, 15) is 14.4 Å². The number of imide groups is 1. The predicted molar refractivity (Wildman–Crippen MR) is 138 cm³/mol. The van der Waals surface area contributed by atoms with E-state index in [1.165, 1.54) is 6.42 Å². The molecule has 0 spiro atoms. The van der Waals surface area contributed by atoms with E-state index in [1.807, 2.05) is 31.2 Å². The summed E-state index contributed by atoms with van der Waals surface area (Å²) < 4.78 is 18.0. The molecule has 6 rings (SSSR count). The highest BCUT2D eigenvalue weighted by molar-refractivity contribution is 6.03. The molecule has 3 unspecified atom stereocenters. The third-order valence-corrected chi connectivity index (χ3v) is 8.61. The number of nitrogens with zero attached hydrogens (tertiary/aromatic N) is 2. The van der Waals surface area contributed by atoms with Gasteiger partial charge < -0.3 is 19.1 Å². The zero-order valence-corrected chi connectivity index (χ0v) is 21.9. The van der Waals surface area contributed by atoms with E-state index < -0.39 is 11.5 Å². The number of amides is 3. The number of carbonyl (C=O) groups is 3. The van der Waals surface area contributed by atoms with Gasteiger partial charge in [0.05, 0.1) is 5.41 Å². The molecule has 202 valence electrons. The van der Waals surface area contributed by atoms with Gasteiger partial charge in [0.2, 0.25) is 17.7 Å². The molecule has 4 heterocycles. The van der Waals surface area contributed by atoms with Crippen LogP contribution < -0.4 is 14.8 Å². The Bertz CT molecular complexity index is 1210. The number of allylic oxidation sites excluding steroid dienone is 2. The lowest BCUT2D eigenvalue weighted by Crippen LogP contribution is -2.53. The van der Waals surface area contributed by atoms with E-state index in [0.717, 1.165) is 54.3 Å². The number of hydrogen-bond donors (Lipinski definition) is 1. The molecule has 0 bridgehead atoms. The summed E-state index contributed by atoms with van der Waals surface area (Å²) in [7, 11) is 0. The number of ether oxygens (including phenoxy) is 3. The molecule has 3 fully saturated rings. The maximum Gasteiger partial charge on any atom is 0.249 e. The van der Waals surface area contributed by atoms with Gasteiger partial charge in [-0.2, -0.15) is 0 Å². The summed E-state index contributed by atoms with van der Waals surface area (Å²) in [5.74, 6) is 1.76. The van der Waals surface area contributed by atoms with Crippen LogP contribution in [0.4, 0.5) is 0 Å². The highest BCUT2D eigenvalue weighted by Crippen LogP contribution is 2.45. The lowest BCUT2D eigenvalue weighted by atomic mass is 9.78. The lowest BCUT2D eigenvalue weighted by molar-refractivity contribution is -0.146. The van der Waals surface area contributed by atoms with E-state index in [-0.39, 0.29) is 30.2 Å². The number of rotatable bonds is 6. The lowest BCUT2D eigenvalue weighted by Gasteiger charge is -2.36. The second-order valence-corrected chi connectivity index (χ2v) is 11.1. The van der Waals surface area contributed by atoms with E-state index in [0.29, 0.717) is 39.2 Å². The van der Waals surface area contributed by atoms with Crippen LogP contribution in [0.25, 0.3) is 0 Å². The molecule has 1 N–H and O–H groups in total. The highest BCUT2D eigenvalue weighted by atomic mass is 16.6. The minimum atomic E-state index is -0.667. The molecule has 9 heteroatoms. The van der Waals surface area contributed by atoms with Gasteiger partial charge >= 0.3 is 0 Å². The van der Waals surface area contributed by atoms with Crippen LogP contribution in [0.1, 0.15) is 51.0 Å². The van der Waals surface area contributed by atoms with Crippen molar-refractivity contribution in [3.05, 3.63) is 47.2 Å². The van der Waals surface area contributed by atoms with Gasteiger partial charge in [0.15, 0.2) is 11.5 Å². The summed E-state index contributed by atoms with van der Waals surface area (Å²) in [6.07, 6.45) is 8.55. The van der Waals surface area contributed by atoms with Crippen LogP contribution >= 0.6 is 0 Å². The third kappa shape index (κ3) is 4.57. The van der Waals surface area contributed by atoms with Crippen LogP contribution in [0.3, 0.4) is 0 Å². The van der Waals surface area contributed by atoms with Gasteiger partial charge in [-0.15, -0.1) is 0 Å². The molecule has 3 amide bonds. The Morgan fingerprint density at radius 2 is 2.00 bits per heavy atom. The molecule has 3 saturated heterocycles. The second kappa shape index (κ2) is 10.1. The van der Waals surface area contributed by atoms with Crippen LogP contribution in [0.15, 0.2) is 41.7 Å². The molecule has 38 heavy (non-hydrogen) atoms. The number of nitrogens with one attached hydrogen (secondary N) is 1. The fourth-order valence-corrected chi connectivity index (χ4v) is 6.30. The molecule has 1 aromatic carbocycles. The first kappa shape index (κ1) is 25.0. The molecule has 3 atom stereocenters. The van der Waals surface area contributed by atoms with Crippen molar-refractivity contribution in [1.82, 2.24) is 15.1 Å². The normalized spacial score (nSPS) is 29.4. The van der Waals surface area contributed by atoms with Crippen LogP contribution in [-0.2, 0) is 25.7 Å². The maximum absolute atomic E-state index is 13.3. The number of hydrogen-bond acceptors (Lipinski definition) is 7. The van der Waals surface area contributed by atoms with Crippen LogP contribution in [-0.4, -0.2) is 72.5 Å². The monoisotopic (exact) mass is 521 g/mol. The Balaban J connectivity index is 1.11. The summed E-state index contributed by atoms with van der Waals surface area (Å²) >= 11 is 0. The van der Waals surface area contributed by atoms with Crippen LogP contribution in [0.2, 0.25) is 0 Å². The van der Waals surface area contributed by atoms with Gasteiger partial charge in [0.1, 0.15) is 31.6 Å². The third-order valence-electron chi connectivity index (χ3n) is 8.61. The van der Waals surface area contributed by atoms with Crippen molar-refractivity contribution in [2.75, 3.05) is 32.9 Å². The fraction of sp³-hybridized carbons (Fsp3) is 0.552. The van der Waals surface area contributed by atoms with Crippen molar-refractivity contribution < 1.29 is 28.6 Å². The van der Waals surface area contributed by atoms with E-state index in [2.05, 4.69) is 16.3 Å². The van der Waals surface area contributed by atoms with Crippen molar-refractivity contribution in [2.24, 2.45) is 5.41 Å². The summed E-state index contributed by atoms with van der Waals surface area (Å²) in [6, 6.07) is 5.78. The molecule has 9 nitrogen and oxygen atoms in total. The predicted octanol–water partition coefficient (Wildman–Crippen LogP) is 2.70. The van der Waals surface area contributed by atoms with E-state index >= 15 is 0 Å². The van der Waals surface area contributed by atoms with Crippen molar-refractivity contribution in [3.8, 4) is 11.5 Å². The van der Waals surface area contributed by atoms with Crippen molar-refractivity contribution in [1.29, 1.82) is 0 Å². The second-order valence-electron chi connectivity index (χ2n) is 11.1. The van der Waals surface area contributed by atoms with Crippen LogP contribution in [0, 0.1) is 5.41 Å². The van der Waals surface area contributed by atoms with E-state index in [4.69, 9.17) is 14.2 Å². The van der Waals surface area contributed by atoms with Crippen molar-refractivity contribution in [2.45, 2.75) is 64.1 Å². The molecular weight excluding hydrogens is 486 g/mol. The molecule has 0 saturated carbocycles. The van der Waals surface area contributed by atoms with Gasteiger partial charge in [-0.3, -0.25) is 24.6 Å². The molecule has 1 aliphatic carbocycles. The minimum Gasteiger partial charge on any atom is -0.492 e. The summed E-state index contributed by atoms with van der Waals surface area (Å²) in [5, 5.41) is 2.38. The summed E-state index contributed by atoms with van der Waals surface area (Å²) in [6.45, 7) is 5.84. The number of likely N-dealkylation sites (tertiary alicyclic amines) is 2. The average Bonchev–Trinajstić information content (AvgIpc) is 3.18. The maximum atomic E-state index is 13.3. The van der Waals surface area contributed by atoms with Gasteiger partial charge in [-0.1, -0.05) is 18.6 Å². The molecule has 0 radical (unpaired) electrons. The Morgan fingerprint density at radius 1 is 1.13 bits per heavy atom. The smallest absolute Gasteiger partial charge is 0.249 e. The van der Waals surface area contributed by atoms with Crippen LogP contribution in [0.5, 0.6) is 11.5 Å². The number of para-hydroxylation sites is 1. The SMILES string of the molecule is CC12CC=C(OCC3CCCCN3Cc3cccc4c3OCCO4)C=C1CN(C1CCC(=O)NC1=O)C2=O. The molecule has 0 aromatic heterocycles. The van der Waals surface area contributed by atoms with Gasteiger partial charge in [0, 0.05) is 31.1 Å². The van der Waals surface area contributed by atoms with Gasteiger partial charge in [-0.05, 0) is 62.9 Å². The zero-order chi connectivity index (χ0) is 26.3. The Labute approximate surface area is 222 Å². The molecule has 1 aromatic rings. The summed E-state index contributed by atoms with van der Waals surface area (Å²) in [4.78, 5) is 41.5. The van der Waals surface area contributed by atoms with Gasteiger partial charge in [0.25, 0.3) is 0 Å². The fourth-order valence-electron chi connectivity index (χ4n) is 6.30. The largest absolute Gasteiger partial charge is 0.492 e. The average molecular weight is 522 g/mol. The number of piperidine rings is 2. The number of carbonyl (C=O) groups excluding carboxylic acids is 3. The van der Waals surface area contributed by atoms with Crippen molar-refractivity contribution >= 4 is 17.7 Å². The highest BCUT2D eigenvalue weighted by Gasteiger charge is 2.51. The van der Waals surface area contributed by atoms with E-state index in [1.54, 1.807) is 4.90 Å². The Morgan fingerprint density at radius 3 is 2.87 bits per heavy atom. The number of fused-ring (bicyclic) bond motifs is 2. The minimum absolute atomic E-state index is 0.0515. The first-order valence-electron chi connectivity index (χ1n) is 13.7. The quantitative estimate of drug-likeness (QED) is 0.575. The Kier molecular flexibility index (Phi) is 6.63.